The van der Waals surface area contributed by atoms with E-state index >= 15 is 0 Å². The van der Waals surface area contributed by atoms with Crippen LogP contribution in [0.5, 0.6) is 5.75 Å². The van der Waals surface area contributed by atoms with Gasteiger partial charge in [0.1, 0.15) is 34.5 Å². The molecule has 0 aliphatic rings. The highest BCUT2D eigenvalue weighted by molar-refractivity contribution is 5.86. The van der Waals surface area contributed by atoms with Crippen LogP contribution in [0, 0.1) is 0 Å². The van der Waals surface area contributed by atoms with E-state index in [1.54, 1.807) is 32.0 Å². The summed E-state index contributed by atoms with van der Waals surface area (Å²) in [5, 5.41) is 1.31. The predicted molar refractivity (Wildman–Crippen MR) is 104 cm³/mol. The molecule has 0 aliphatic heterocycles. The van der Waals surface area contributed by atoms with Gasteiger partial charge in [0, 0.05) is 11.5 Å². The number of esters is 1. The summed E-state index contributed by atoms with van der Waals surface area (Å²) in [5.41, 5.74) is 1.20. The highest BCUT2D eigenvalue weighted by Crippen LogP contribution is 2.28. The average molecular weight is 378 g/mol. The van der Waals surface area contributed by atoms with Gasteiger partial charge in [-0.3, -0.25) is 4.79 Å². The number of carbonyl (C=O) groups is 1. The van der Waals surface area contributed by atoms with E-state index in [0.29, 0.717) is 33.6 Å². The highest BCUT2D eigenvalue weighted by atomic mass is 16.6. The third-order valence-electron chi connectivity index (χ3n) is 4.37. The second-order valence-electron chi connectivity index (χ2n) is 6.30. The highest BCUT2D eigenvalue weighted by Gasteiger charge is 2.17. The molecule has 0 fully saturated rings. The Balaban J connectivity index is 1.68. The van der Waals surface area contributed by atoms with Crippen LogP contribution in [0.4, 0.5) is 0 Å². The van der Waals surface area contributed by atoms with Gasteiger partial charge in [0.05, 0.1) is 12.0 Å². The number of fused-ring (bicyclic) bond motifs is 2. The van der Waals surface area contributed by atoms with Gasteiger partial charge >= 0.3 is 5.97 Å². The Kier molecular flexibility index (Phi) is 4.61. The quantitative estimate of drug-likeness (QED) is 0.475. The Bertz CT molecular complexity index is 1180. The molecular formula is C22H18O6. The van der Waals surface area contributed by atoms with Crippen molar-refractivity contribution in [2.75, 3.05) is 6.61 Å². The van der Waals surface area contributed by atoms with Gasteiger partial charge in [0.15, 0.2) is 6.10 Å². The molecule has 4 rings (SSSR count). The van der Waals surface area contributed by atoms with Crippen molar-refractivity contribution >= 4 is 27.9 Å². The van der Waals surface area contributed by atoms with E-state index in [1.807, 2.05) is 30.3 Å². The molecule has 0 spiro atoms. The van der Waals surface area contributed by atoms with Crippen LogP contribution in [0.15, 0.2) is 68.4 Å². The van der Waals surface area contributed by atoms with Crippen molar-refractivity contribution in [1.29, 1.82) is 0 Å². The van der Waals surface area contributed by atoms with Crippen LogP contribution in [0.3, 0.4) is 0 Å². The van der Waals surface area contributed by atoms with Gasteiger partial charge in [0.25, 0.3) is 0 Å². The summed E-state index contributed by atoms with van der Waals surface area (Å²) in [4.78, 5) is 24.6. The van der Waals surface area contributed by atoms with Gasteiger partial charge in [-0.1, -0.05) is 18.2 Å². The molecule has 2 heterocycles. The number of hydrogen-bond donors (Lipinski definition) is 0. The van der Waals surface area contributed by atoms with E-state index in [1.165, 1.54) is 6.26 Å². The van der Waals surface area contributed by atoms with Gasteiger partial charge in [-0.25, -0.2) is 4.79 Å². The zero-order chi connectivity index (χ0) is 19.7. The lowest BCUT2D eigenvalue weighted by Crippen LogP contribution is -2.26. The van der Waals surface area contributed by atoms with Gasteiger partial charge in [-0.2, -0.15) is 0 Å². The first-order valence-electron chi connectivity index (χ1n) is 8.94. The van der Waals surface area contributed by atoms with Crippen molar-refractivity contribution in [2.24, 2.45) is 0 Å². The fraction of sp³-hybridized carbons (Fsp3) is 0.182. The topological polar surface area (TPSA) is 78.9 Å². The summed E-state index contributed by atoms with van der Waals surface area (Å²) < 4.78 is 21.9. The number of carbonyl (C=O) groups excluding carboxylic acids is 1. The normalized spacial score (nSPS) is 12.2. The summed E-state index contributed by atoms with van der Waals surface area (Å²) in [6, 6.07) is 14.2. The second kappa shape index (κ2) is 7.23. The van der Waals surface area contributed by atoms with Crippen LogP contribution in [-0.4, -0.2) is 18.7 Å². The second-order valence-corrected chi connectivity index (χ2v) is 6.30. The first-order chi connectivity index (χ1) is 13.6. The molecule has 0 amide bonds. The van der Waals surface area contributed by atoms with E-state index in [2.05, 4.69) is 0 Å². The molecular weight excluding hydrogens is 360 g/mol. The summed E-state index contributed by atoms with van der Waals surface area (Å²) in [6.45, 7) is 3.61. The molecule has 2 aromatic carbocycles. The molecule has 0 radical (unpaired) electrons. The maximum Gasteiger partial charge on any atom is 0.347 e. The average Bonchev–Trinajstić information content (AvgIpc) is 3.12. The van der Waals surface area contributed by atoms with E-state index in [9.17, 15) is 9.59 Å². The number of furan rings is 1. The minimum Gasteiger partial charge on any atom is -0.479 e. The van der Waals surface area contributed by atoms with Crippen molar-refractivity contribution in [1.82, 2.24) is 0 Å². The lowest BCUT2D eigenvalue weighted by Gasteiger charge is -2.13. The van der Waals surface area contributed by atoms with Crippen LogP contribution < -0.4 is 10.2 Å². The number of para-hydroxylation sites is 1. The lowest BCUT2D eigenvalue weighted by molar-refractivity contribution is -0.150. The van der Waals surface area contributed by atoms with Crippen molar-refractivity contribution < 1.29 is 23.1 Å². The van der Waals surface area contributed by atoms with Crippen LogP contribution >= 0.6 is 0 Å². The van der Waals surface area contributed by atoms with Crippen molar-refractivity contribution in [3.05, 3.63) is 65.0 Å². The first-order valence-corrected chi connectivity index (χ1v) is 8.94. The Hall–Kier alpha value is -3.54. The zero-order valence-corrected chi connectivity index (χ0v) is 15.4. The minimum atomic E-state index is -0.765. The number of ether oxygens (including phenoxy) is 2. The van der Waals surface area contributed by atoms with E-state index < -0.39 is 12.1 Å². The summed E-state index contributed by atoms with van der Waals surface area (Å²) >= 11 is 0. The maximum atomic E-state index is 12.9. The molecule has 2 aromatic heterocycles. The third-order valence-corrected chi connectivity index (χ3v) is 4.37. The van der Waals surface area contributed by atoms with Crippen LogP contribution in [0.1, 0.15) is 13.8 Å². The Morgan fingerprint density at radius 3 is 2.71 bits per heavy atom. The third kappa shape index (κ3) is 3.24. The summed E-state index contributed by atoms with van der Waals surface area (Å²) in [7, 11) is 0. The van der Waals surface area contributed by atoms with Crippen molar-refractivity contribution in [3.63, 3.8) is 0 Å². The van der Waals surface area contributed by atoms with Crippen molar-refractivity contribution in [3.8, 4) is 17.1 Å². The molecule has 6 nitrogen and oxygen atoms in total. The van der Waals surface area contributed by atoms with Gasteiger partial charge < -0.3 is 18.3 Å². The van der Waals surface area contributed by atoms with Gasteiger partial charge in [0.2, 0.25) is 5.43 Å². The molecule has 0 N–H and O–H groups in total. The molecule has 6 heteroatoms. The van der Waals surface area contributed by atoms with Gasteiger partial charge in [-0.15, -0.1) is 0 Å². The SMILES string of the molecule is CCOC(=O)[C@@H](C)Oc1ccc2c(=O)c(-c3cc4ccccc4o3)coc2c1. The maximum absolute atomic E-state index is 12.9. The molecule has 0 aliphatic carbocycles. The zero-order valence-electron chi connectivity index (χ0n) is 15.4. The predicted octanol–water partition coefficient (Wildman–Crippen LogP) is 4.54. The molecule has 0 bridgehead atoms. The number of benzene rings is 2. The number of rotatable bonds is 5. The van der Waals surface area contributed by atoms with E-state index in [-0.39, 0.29) is 12.0 Å². The van der Waals surface area contributed by atoms with Crippen LogP contribution in [0.25, 0.3) is 33.3 Å². The van der Waals surface area contributed by atoms with Gasteiger partial charge in [-0.05, 0) is 38.1 Å². The minimum absolute atomic E-state index is 0.203. The monoisotopic (exact) mass is 378 g/mol. The summed E-state index contributed by atoms with van der Waals surface area (Å²) in [5.74, 6) is 0.407. The number of hydrogen-bond acceptors (Lipinski definition) is 6. The molecule has 1 atom stereocenters. The standard InChI is InChI=1S/C22H18O6/c1-3-25-22(24)13(2)27-15-8-9-16-19(11-15)26-12-17(21(16)23)20-10-14-6-4-5-7-18(14)28-20/h4-13H,3H2,1-2H3/t13-/m1/s1. The van der Waals surface area contributed by atoms with Crippen LogP contribution in [-0.2, 0) is 9.53 Å². The molecule has 0 saturated carbocycles. The fourth-order valence-electron chi connectivity index (χ4n) is 2.98. The fourth-order valence-corrected chi connectivity index (χ4v) is 2.98. The van der Waals surface area contributed by atoms with Crippen LogP contribution in [0.2, 0.25) is 0 Å². The molecule has 4 aromatic rings. The Morgan fingerprint density at radius 1 is 1.11 bits per heavy atom. The summed E-state index contributed by atoms with van der Waals surface area (Å²) in [6.07, 6.45) is 0.611. The van der Waals surface area contributed by atoms with E-state index in [4.69, 9.17) is 18.3 Å². The smallest absolute Gasteiger partial charge is 0.347 e. The van der Waals surface area contributed by atoms with E-state index in [0.717, 1.165) is 5.39 Å². The first kappa shape index (κ1) is 17.9. The molecule has 142 valence electrons. The van der Waals surface area contributed by atoms with Crippen molar-refractivity contribution in [2.45, 2.75) is 20.0 Å². The molecule has 0 saturated heterocycles. The Labute approximate surface area is 160 Å². The molecule has 28 heavy (non-hydrogen) atoms. The molecule has 0 unspecified atom stereocenters. The Morgan fingerprint density at radius 2 is 1.93 bits per heavy atom. The largest absolute Gasteiger partial charge is 0.479 e. The lowest BCUT2D eigenvalue weighted by atomic mass is 10.1.